The van der Waals surface area contributed by atoms with Crippen LogP contribution in [0.15, 0.2) is 23.4 Å². The molecule has 0 fully saturated rings. The van der Waals surface area contributed by atoms with Crippen LogP contribution < -0.4 is 5.73 Å². The predicted octanol–water partition coefficient (Wildman–Crippen LogP) is 1.28. The highest BCUT2D eigenvalue weighted by atomic mass is 32.2. The number of nitrogens with two attached hydrogens (primary N) is 1. The summed E-state index contributed by atoms with van der Waals surface area (Å²) in [4.78, 5) is 4.21. The van der Waals surface area contributed by atoms with E-state index in [9.17, 15) is 0 Å². The van der Waals surface area contributed by atoms with Crippen molar-refractivity contribution in [2.75, 3.05) is 19.5 Å². The lowest BCUT2D eigenvalue weighted by atomic mass is 10.3. The molecule has 0 aliphatic carbocycles. The number of pyridine rings is 1. The van der Waals surface area contributed by atoms with E-state index in [-0.39, 0.29) is 0 Å². The van der Waals surface area contributed by atoms with Crippen molar-refractivity contribution in [3.05, 3.63) is 23.9 Å². The minimum absolute atomic E-state index is 0.570. The minimum atomic E-state index is 0.570. The van der Waals surface area contributed by atoms with Gasteiger partial charge in [-0.25, -0.2) is 4.98 Å². The van der Waals surface area contributed by atoms with Crippen LogP contribution in [0.1, 0.15) is 5.56 Å². The molecule has 1 rings (SSSR count). The van der Waals surface area contributed by atoms with Gasteiger partial charge in [0.15, 0.2) is 0 Å². The van der Waals surface area contributed by atoms with Crippen molar-refractivity contribution in [2.45, 2.75) is 11.6 Å². The van der Waals surface area contributed by atoms with Gasteiger partial charge in [-0.05, 0) is 17.7 Å². The van der Waals surface area contributed by atoms with E-state index in [0.717, 1.165) is 22.9 Å². The number of methoxy groups -OCH3 is 1. The molecule has 0 atom stereocenters. The lowest BCUT2D eigenvalue weighted by Crippen LogP contribution is -1.97. The van der Waals surface area contributed by atoms with E-state index in [4.69, 9.17) is 10.5 Å². The molecule has 72 valence electrons. The number of thioether (sulfide) groups is 1. The Morgan fingerprint density at radius 1 is 1.62 bits per heavy atom. The molecule has 0 bridgehead atoms. The zero-order chi connectivity index (χ0) is 9.52. The first-order valence-electron chi connectivity index (χ1n) is 4.13. The van der Waals surface area contributed by atoms with Crippen molar-refractivity contribution in [3.63, 3.8) is 0 Å². The Balaban J connectivity index is 2.46. The zero-order valence-electron chi connectivity index (χ0n) is 7.69. The largest absolute Gasteiger partial charge is 0.384 e. The van der Waals surface area contributed by atoms with Gasteiger partial charge in [-0.2, -0.15) is 0 Å². The Morgan fingerprint density at radius 2 is 2.46 bits per heavy atom. The van der Waals surface area contributed by atoms with Gasteiger partial charge in [0.05, 0.1) is 11.6 Å². The second kappa shape index (κ2) is 5.96. The molecule has 0 spiro atoms. The lowest BCUT2D eigenvalue weighted by molar-refractivity contribution is 0.218. The highest BCUT2D eigenvalue weighted by Gasteiger charge is 1.96. The second-order valence-corrected chi connectivity index (χ2v) is 3.66. The molecule has 0 aliphatic heterocycles. The van der Waals surface area contributed by atoms with E-state index in [1.165, 1.54) is 0 Å². The zero-order valence-corrected chi connectivity index (χ0v) is 8.51. The van der Waals surface area contributed by atoms with Crippen molar-refractivity contribution in [3.8, 4) is 0 Å². The number of rotatable bonds is 5. The number of aromatic nitrogens is 1. The predicted molar refractivity (Wildman–Crippen MR) is 54.7 cm³/mol. The molecule has 1 heterocycles. The van der Waals surface area contributed by atoms with Crippen LogP contribution in [0.25, 0.3) is 0 Å². The minimum Gasteiger partial charge on any atom is -0.384 e. The molecule has 4 heteroatoms. The molecule has 0 unspecified atom stereocenters. The average molecular weight is 198 g/mol. The van der Waals surface area contributed by atoms with Crippen LogP contribution in [0, 0.1) is 0 Å². The number of ether oxygens (including phenoxy) is 1. The molecule has 0 saturated carbocycles. The van der Waals surface area contributed by atoms with Crippen molar-refractivity contribution in [1.29, 1.82) is 0 Å². The second-order valence-electron chi connectivity index (χ2n) is 2.55. The van der Waals surface area contributed by atoms with Crippen LogP contribution in [-0.2, 0) is 11.3 Å². The van der Waals surface area contributed by atoms with Crippen LogP contribution >= 0.6 is 11.8 Å². The number of hydrogen-bond acceptors (Lipinski definition) is 4. The normalized spacial score (nSPS) is 10.3. The summed E-state index contributed by atoms with van der Waals surface area (Å²) in [6.07, 6.45) is 1.79. The number of nitrogens with zero attached hydrogens (tertiary/aromatic N) is 1. The molecule has 3 nitrogen and oxygen atoms in total. The summed E-state index contributed by atoms with van der Waals surface area (Å²) >= 11 is 1.68. The van der Waals surface area contributed by atoms with Gasteiger partial charge in [0.25, 0.3) is 0 Å². The van der Waals surface area contributed by atoms with Gasteiger partial charge in [-0.1, -0.05) is 0 Å². The van der Waals surface area contributed by atoms with E-state index in [1.807, 2.05) is 12.1 Å². The van der Waals surface area contributed by atoms with Gasteiger partial charge >= 0.3 is 0 Å². The summed E-state index contributed by atoms with van der Waals surface area (Å²) in [5, 5.41) is 1.01. The lowest BCUT2D eigenvalue weighted by Gasteiger charge is -2.01. The van der Waals surface area contributed by atoms with Crippen molar-refractivity contribution in [1.82, 2.24) is 4.98 Å². The SMILES string of the molecule is COCCSc1cc(CN)ccn1. The Kier molecular flexibility index (Phi) is 4.82. The smallest absolute Gasteiger partial charge is 0.0963 e. The average Bonchev–Trinajstić information content (AvgIpc) is 2.19. The van der Waals surface area contributed by atoms with Crippen LogP contribution in [-0.4, -0.2) is 24.5 Å². The molecule has 0 saturated heterocycles. The van der Waals surface area contributed by atoms with E-state index < -0.39 is 0 Å². The third-order valence-electron chi connectivity index (χ3n) is 1.57. The van der Waals surface area contributed by atoms with Crippen LogP contribution in [0.2, 0.25) is 0 Å². The van der Waals surface area contributed by atoms with E-state index in [1.54, 1.807) is 25.1 Å². The first kappa shape index (κ1) is 10.5. The van der Waals surface area contributed by atoms with Crippen molar-refractivity contribution >= 4 is 11.8 Å². The monoisotopic (exact) mass is 198 g/mol. The molecule has 0 aliphatic rings. The molecule has 0 radical (unpaired) electrons. The third kappa shape index (κ3) is 3.76. The van der Waals surface area contributed by atoms with Gasteiger partial charge in [-0.15, -0.1) is 11.8 Å². The molecule has 0 aromatic carbocycles. The van der Waals surface area contributed by atoms with Gasteiger partial charge < -0.3 is 10.5 Å². The van der Waals surface area contributed by atoms with Crippen LogP contribution in [0.4, 0.5) is 0 Å². The topological polar surface area (TPSA) is 48.1 Å². The first-order chi connectivity index (χ1) is 6.36. The maximum Gasteiger partial charge on any atom is 0.0963 e. The fourth-order valence-corrected chi connectivity index (χ4v) is 1.72. The molecular formula is C9H14N2OS. The maximum atomic E-state index is 5.51. The molecule has 2 N–H and O–H groups in total. The summed E-state index contributed by atoms with van der Waals surface area (Å²) in [7, 11) is 1.70. The molecular weight excluding hydrogens is 184 g/mol. The van der Waals surface area contributed by atoms with Gasteiger partial charge in [0.1, 0.15) is 0 Å². The van der Waals surface area contributed by atoms with E-state index in [2.05, 4.69) is 4.98 Å². The van der Waals surface area contributed by atoms with Gasteiger partial charge in [0.2, 0.25) is 0 Å². The Hall–Kier alpha value is -0.580. The molecule has 0 amide bonds. The van der Waals surface area contributed by atoms with E-state index in [0.29, 0.717) is 6.54 Å². The van der Waals surface area contributed by atoms with Crippen LogP contribution in [0.5, 0.6) is 0 Å². The quantitative estimate of drug-likeness (QED) is 0.572. The highest BCUT2D eigenvalue weighted by Crippen LogP contribution is 2.15. The highest BCUT2D eigenvalue weighted by molar-refractivity contribution is 7.99. The summed E-state index contributed by atoms with van der Waals surface area (Å²) in [6.45, 7) is 1.32. The molecule has 1 aromatic rings. The third-order valence-corrected chi connectivity index (χ3v) is 2.46. The maximum absolute atomic E-state index is 5.51. The van der Waals surface area contributed by atoms with E-state index >= 15 is 0 Å². The fourth-order valence-electron chi connectivity index (χ4n) is 0.886. The number of hydrogen-bond donors (Lipinski definition) is 1. The van der Waals surface area contributed by atoms with Crippen LogP contribution in [0.3, 0.4) is 0 Å². The fraction of sp³-hybridized carbons (Fsp3) is 0.444. The summed E-state index contributed by atoms with van der Waals surface area (Å²) in [5.74, 6) is 0.928. The van der Waals surface area contributed by atoms with Crippen molar-refractivity contribution < 1.29 is 4.74 Å². The standard InChI is InChI=1S/C9H14N2OS/c1-12-4-5-13-9-6-8(7-10)2-3-11-9/h2-3,6H,4-5,7,10H2,1H3. The van der Waals surface area contributed by atoms with Gasteiger partial charge in [0, 0.05) is 25.6 Å². The first-order valence-corrected chi connectivity index (χ1v) is 5.12. The Labute approximate surface area is 82.7 Å². The Bertz CT molecular complexity index is 255. The summed E-state index contributed by atoms with van der Waals surface area (Å²) < 4.78 is 4.95. The van der Waals surface area contributed by atoms with Gasteiger partial charge in [-0.3, -0.25) is 0 Å². The molecule has 1 aromatic heterocycles. The molecule has 13 heavy (non-hydrogen) atoms. The summed E-state index contributed by atoms with van der Waals surface area (Å²) in [5.41, 5.74) is 6.63. The Morgan fingerprint density at radius 3 is 3.15 bits per heavy atom. The summed E-state index contributed by atoms with van der Waals surface area (Å²) in [6, 6.07) is 3.95. The van der Waals surface area contributed by atoms with Crippen molar-refractivity contribution in [2.24, 2.45) is 5.73 Å².